The second-order valence-corrected chi connectivity index (χ2v) is 9.34. The van der Waals surface area contributed by atoms with Gasteiger partial charge < -0.3 is 14.4 Å². The fourth-order valence-electron chi connectivity index (χ4n) is 5.16. The monoisotopic (exact) mass is 477 g/mol. The van der Waals surface area contributed by atoms with Crippen molar-refractivity contribution >= 4 is 19.2 Å². The fraction of sp³-hybridized carbons (Fsp3) is 0.320. The zero-order valence-electron chi connectivity index (χ0n) is 19.3. The van der Waals surface area contributed by atoms with Crippen molar-refractivity contribution in [3.8, 4) is 28.3 Å². The van der Waals surface area contributed by atoms with Crippen LogP contribution in [-0.4, -0.2) is 63.4 Å². The number of tetrazole rings is 1. The molecular weight excluding hydrogens is 449 g/mol. The van der Waals surface area contributed by atoms with Gasteiger partial charge in [-0.25, -0.2) is 4.39 Å². The fourth-order valence-corrected chi connectivity index (χ4v) is 5.16. The summed E-state index contributed by atoms with van der Waals surface area (Å²) >= 11 is 0. The molecule has 34 heavy (non-hydrogen) atoms. The van der Waals surface area contributed by atoms with Crippen LogP contribution in [0.1, 0.15) is 12.0 Å². The maximum Gasteiger partial charge on any atom is 0.203 e. The first-order chi connectivity index (χ1) is 16.0. The van der Waals surface area contributed by atoms with Gasteiger partial charge in [0, 0.05) is 43.6 Å². The van der Waals surface area contributed by atoms with Crippen LogP contribution in [0.3, 0.4) is 0 Å². The minimum absolute atomic E-state index is 0. The average molecular weight is 478 g/mol. The zero-order valence-corrected chi connectivity index (χ0v) is 20.3. The van der Waals surface area contributed by atoms with Crippen molar-refractivity contribution < 1.29 is 4.39 Å². The van der Waals surface area contributed by atoms with Crippen molar-refractivity contribution in [3.63, 3.8) is 0 Å². The van der Waals surface area contributed by atoms with E-state index in [1.165, 1.54) is 29.8 Å². The van der Waals surface area contributed by atoms with Crippen LogP contribution in [0.2, 0.25) is 0 Å². The first kappa shape index (κ1) is 22.6. The Morgan fingerprint density at radius 1 is 1.06 bits per heavy atom. The topological polar surface area (TPSA) is 55.0 Å². The third kappa shape index (κ3) is 3.99. The maximum atomic E-state index is 13.4. The second kappa shape index (κ2) is 8.88. The van der Waals surface area contributed by atoms with Gasteiger partial charge in [-0.2, -0.15) is 18.2 Å². The lowest BCUT2D eigenvalue weighted by atomic mass is 10.1. The van der Waals surface area contributed by atoms with Crippen LogP contribution in [0.5, 0.6) is 0 Å². The molecule has 0 bridgehead atoms. The van der Waals surface area contributed by atoms with Gasteiger partial charge in [-0.3, -0.25) is 0 Å². The van der Waals surface area contributed by atoms with Crippen molar-refractivity contribution in [1.82, 2.24) is 29.7 Å². The molecule has 4 aromatic rings. The molecule has 2 aromatic heterocycles. The number of hydrogen-bond donors (Lipinski definition) is 0. The molecule has 0 radical (unpaired) electrons. The predicted molar refractivity (Wildman–Crippen MR) is 136 cm³/mol. The van der Waals surface area contributed by atoms with E-state index >= 15 is 0 Å². The van der Waals surface area contributed by atoms with Gasteiger partial charge in [0.05, 0.1) is 11.4 Å². The summed E-state index contributed by atoms with van der Waals surface area (Å²) in [6.07, 6.45) is 3.32. The Morgan fingerprint density at radius 2 is 1.88 bits per heavy atom. The summed E-state index contributed by atoms with van der Waals surface area (Å²) in [5.41, 5.74) is 6.37. The molecule has 0 N–H and O–H groups in total. The minimum atomic E-state index is -0.236. The van der Waals surface area contributed by atoms with Crippen molar-refractivity contribution in [2.24, 2.45) is 5.92 Å². The quantitative estimate of drug-likeness (QED) is 0.394. The van der Waals surface area contributed by atoms with Crippen molar-refractivity contribution in [2.45, 2.75) is 13.0 Å². The minimum Gasteiger partial charge on any atom is -0.371 e. The molecule has 2 aliphatic rings. The highest BCUT2D eigenvalue weighted by atomic mass is 32.1. The Kier molecular flexibility index (Phi) is 5.91. The van der Waals surface area contributed by atoms with Gasteiger partial charge in [0.1, 0.15) is 5.82 Å². The Balaban J connectivity index is 0.00000241. The summed E-state index contributed by atoms with van der Waals surface area (Å²) in [6, 6.07) is 15.3. The first-order valence-electron chi connectivity index (χ1n) is 11.3. The highest BCUT2D eigenvalue weighted by Crippen LogP contribution is 2.35. The van der Waals surface area contributed by atoms with Crippen molar-refractivity contribution in [3.05, 3.63) is 66.1 Å². The van der Waals surface area contributed by atoms with Crippen molar-refractivity contribution in [2.75, 3.05) is 38.6 Å². The molecule has 4 heterocycles. The molecular formula is C25H28FN7S. The maximum absolute atomic E-state index is 13.4. The highest BCUT2D eigenvalue weighted by molar-refractivity contribution is 7.59. The lowest BCUT2D eigenvalue weighted by Crippen LogP contribution is -2.25. The molecule has 0 aliphatic carbocycles. The van der Waals surface area contributed by atoms with E-state index < -0.39 is 0 Å². The van der Waals surface area contributed by atoms with E-state index in [9.17, 15) is 4.39 Å². The van der Waals surface area contributed by atoms with Crippen LogP contribution < -0.4 is 4.90 Å². The zero-order chi connectivity index (χ0) is 22.5. The molecule has 0 saturated carbocycles. The number of rotatable bonds is 4. The van der Waals surface area contributed by atoms with E-state index in [1.54, 1.807) is 12.1 Å². The molecule has 2 aromatic carbocycles. The molecule has 1 atom stereocenters. The molecule has 0 amide bonds. The predicted octanol–water partition coefficient (Wildman–Crippen LogP) is 3.80. The number of nitrogens with zero attached hydrogens (tertiary/aromatic N) is 7. The summed E-state index contributed by atoms with van der Waals surface area (Å²) in [5.74, 6) is 1.17. The number of aromatic nitrogens is 5. The van der Waals surface area contributed by atoms with E-state index in [-0.39, 0.29) is 19.3 Å². The third-order valence-corrected chi connectivity index (χ3v) is 6.68. The Labute approximate surface area is 205 Å². The van der Waals surface area contributed by atoms with Crippen LogP contribution in [0.15, 0.2) is 54.7 Å². The van der Waals surface area contributed by atoms with Gasteiger partial charge >= 0.3 is 0 Å². The number of anilines is 1. The first-order valence-corrected chi connectivity index (χ1v) is 11.3. The second-order valence-electron chi connectivity index (χ2n) is 9.34. The number of benzene rings is 2. The molecule has 1 fully saturated rings. The standard InChI is InChI=1S/C25H26FN7.H2S/c1-30(2)13-17-9-10-31(14-17)22-7-8-23-20(11-22)16-32-15-19(18-3-5-21(26)6-4-18)12-24(32)25-27-28-29-33(23)25;/h3-8,11-12,15,17H,9-10,13-14,16H2,1-2H3;1H2/t17-;/m0./s1. The largest absolute Gasteiger partial charge is 0.371 e. The van der Waals surface area contributed by atoms with E-state index in [0.717, 1.165) is 42.1 Å². The van der Waals surface area contributed by atoms with Crippen LogP contribution in [0.25, 0.3) is 28.3 Å². The number of fused-ring (bicyclic) bond motifs is 5. The van der Waals surface area contributed by atoms with E-state index in [4.69, 9.17) is 0 Å². The van der Waals surface area contributed by atoms with Crippen LogP contribution in [0, 0.1) is 11.7 Å². The molecule has 0 unspecified atom stereocenters. The lowest BCUT2D eigenvalue weighted by Gasteiger charge is -2.21. The third-order valence-electron chi connectivity index (χ3n) is 6.68. The molecule has 0 spiro atoms. The summed E-state index contributed by atoms with van der Waals surface area (Å²) in [4.78, 5) is 4.76. The van der Waals surface area contributed by atoms with Gasteiger partial charge in [-0.05, 0) is 84.4 Å². The van der Waals surface area contributed by atoms with Crippen LogP contribution in [0.4, 0.5) is 10.1 Å². The summed E-state index contributed by atoms with van der Waals surface area (Å²) < 4.78 is 17.4. The molecule has 9 heteroatoms. The van der Waals surface area contributed by atoms with Crippen molar-refractivity contribution in [1.29, 1.82) is 0 Å². The lowest BCUT2D eigenvalue weighted by molar-refractivity contribution is 0.340. The van der Waals surface area contributed by atoms with E-state index in [2.05, 4.69) is 74.5 Å². The van der Waals surface area contributed by atoms with Crippen LogP contribution >= 0.6 is 13.5 Å². The van der Waals surface area contributed by atoms with Gasteiger partial charge in [0.2, 0.25) is 5.82 Å². The van der Waals surface area contributed by atoms with E-state index in [1.807, 2.05) is 4.68 Å². The van der Waals surface area contributed by atoms with Gasteiger partial charge in [-0.15, -0.1) is 5.10 Å². The SMILES string of the molecule is CN(C)C[C@@H]1CCN(c2ccc3c(c2)Cn2cc(-c4ccc(F)cc4)cc2-c2nnnn2-3)C1.S. The Bertz CT molecular complexity index is 1310. The summed E-state index contributed by atoms with van der Waals surface area (Å²) in [6.45, 7) is 3.99. The molecule has 7 nitrogen and oxygen atoms in total. The Morgan fingerprint density at radius 3 is 2.68 bits per heavy atom. The summed E-state index contributed by atoms with van der Waals surface area (Å²) in [5, 5.41) is 12.6. The van der Waals surface area contributed by atoms with E-state index in [0.29, 0.717) is 18.3 Å². The van der Waals surface area contributed by atoms with Gasteiger partial charge in [0.15, 0.2) is 0 Å². The Hall–Kier alpha value is -3.17. The smallest absolute Gasteiger partial charge is 0.203 e. The van der Waals surface area contributed by atoms with Gasteiger partial charge in [0.25, 0.3) is 0 Å². The van der Waals surface area contributed by atoms with Crippen LogP contribution in [-0.2, 0) is 6.54 Å². The van der Waals surface area contributed by atoms with Gasteiger partial charge in [-0.1, -0.05) is 12.1 Å². The number of hydrogen-bond acceptors (Lipinski definition) is 5. The number of halogens is 1. The average Bonchev–Trinajstić information content (AvgIpc) is 3.53. The molecule has 1 saturated heterocycles. The summed E-state index contributed by atoms with van der Waals surface area (Å²) in [7, 11) is 4.29. The highest BCUT2D eigenvalue weighted by Gasteiger charge is 2.26. The molecule has 176 valence electrons. The molecule has 6 rings (SSSR count). The molecule has 2 aliphatic heterocycles. The normalized spacial score (nSPS) is 16.6.